The Hall–Kier alpha value is -2.60. The van der Waals surface area contributed by atoms with E-state index in [1.807, 2.05) is 30.3 Å². The molecule has 1 amide bonds. The summed E-state index contributed by atoms with van der Waals surface area (Å²) in [6, 6.07) is 21.9. The SMILES string of the molecule is O=C(c1ccccc1)N1C[C@@H](c2ccc(C(O)(C(F)(F)F)C(F)(F)F)cc2)I(c2ccccc2)C1. The average molecular weight is 607 g/mol. The zero-order valence-corrected chi connectivity index (χ0v) is 20.2. The first kappa shape index (κ1) is 25.5. The number of halogens is 7. The normalized spacial score (nSPS) is 18.1. The molecule has 1 N–H and O–H groups in total. The first-order valence-electron chi connectivity index (χ1n) is 10.4. The molecule has 1 aliphatic rings. The molecular weight excluding hydrogens is 587 g/mol. The first-order chi connectivity index (χ1) is 16.4. The maximum atomic E-state index is 13.3. The molecule has 3 aromatic rings. The number of nitrogens with zero attached hydrogens (tertiary/aromatic N) is 1. The average Bonchev–Trinajstić information content (AvgIpc) is 3.28. The summed E-state index contributed by atoms with van der Waals surface area (Å²) in [7, 11) is 0. The van der Waals surface area contributed by atoms with Crippen molar-refractivity contribution in [1.29, 1.82) is 0 Å². The van der Waals surface area contributed by atoms with Crippen molar-refractivity contribution in [3.63, 3.8) is 0 Å². The van der Waals surface area contributed by atoms with Crippen LogP contribution in [0, 0.1) is 3.57 Å². The van der Waals surface area contributed by atoms with Crippen molar-refractivity contribution in [2.75, 3.05) is 11.1 Å². The van der Waals surface area contributed by atoms with Crippen LogP contribution in [-0.2, 0) is 5.60 Å². The summed E-state index contributed by atoms with van der Waals surface area (Å²) in [4.78, 5) is 14.8. The third-order valence-electron chi connectivity index (χ3n) is 5.80. The number of hydrogen-bond acceptors (Lipinski definition) is 2. The fourth-order valence-electron chi connectivity index (χ4n) is 3.94. The third kappa shape index (κ3) is 4.77. The topological polar surface area (TPSA) is 40.5 Å². The van der Waals surface area contributed by atoms with Gasteiger partial charge < -0.3 is 0 Å². The second-order valence-corrected chi connectivity index (χ2v) is 13.7. The summed E-state index contributed by atoms with van der Waals surface area (Å²) in [5.41, 5.74) is -5.22. The molecule has 10 heteroatoms. The first-order valence-corrected chi connectivity index (χ1v) is 14.3. The molecule has 1 fully saturated rings. The Morgan fingerprint density at radius 1 is 0.800 bits per heavy atom. The van der Waals surface area contributed by atoms with Gasteiger partial charge in [0.2, 0.25) is 0 Å². The van der Waals surface area contributed by atoms with Crippen LogP contribution in [0.2, 0.25) is 0 Å². The summed E-state index contributed by atoms with van der Waals surface area (Å²) in [6.07, 6.45) is -11.9. The van der Waals surface area contributed by atoms with Crippen LogP contribution in [0.3, 0.4) is 0 Å². The molecule has 3 nitrogen and oxygen atoms in total. The van der Waals surface area contributed by atoms with Crippen molar-refractivity contribution < 1.29 is 36.2 Å². The Morgan fingerprint density at radius 3 is 1.83 bits per heavy atom. The van der Waals surface area contributed by atoms with Gasteiger partial charge in [0.25, 0.3) is 0 Å². The molecule has 0 spiro atoms. The Kier molecular flexibility index (Phi) is 6.89. The van der Waals surface area contributed by atoms with Crippen LogP contribution >= 0.6 is 19.8 Å². The Bertz CT molecular complexity index is 1150. The number of aliphatic hydroxyl groups is 1. The van der Waals surface area contributed by atoms with Crippen molar-refractivity contribution in [3.05, 3.63) is 105 Å². The minimum atomic E-state index is -5.94. The number of alkyl halides is 8. The number of hydrogen-bond donors (Lipinski definition) is 1. The van der Waals surface area contributed by atoms with Crippen LogP contribution in [-0.4, -0.2) is 39.4 Å². The van der Waals surface area contributed by atoms with Gasteiger partial charge in [-0.15, -0.1) is 0 Å². The van der Waals surface area contributed by atoms with Crippen molar-refractivity contribution in [3.8, 4) is 0 Å². The maximum absolute atomic E-state index is 13.3. The summed E-state index contributed by atoms with van der Waals surface area (Å²) in [6.45, 7) is 0.301. The zero-order chi connectivity index (χ0) is 25.4. The van der Waals surface area contributed by atoms with E-state index in [0.717, 1.165) is 3.57 Å². The van der Waals surface area contributed by atoms with E-state index in [4.69, 9.17) is 0 Å². The second kappa shape index (κ2) is 9.45. The molecule has 0 radical (unpaired) electrons. The number of benzene rings is 3. The van der Waals surface area contributed by atoms with Gasteiger partial charge in [0, 0.05) is 0 Å². The van der Waals surface area contributed by atoms with Gasteiger partial charge in [-0.2, -0.15) is 0 Å². The van der Waals surface area contributed by atoms with Gasteiger partial charge in [0.05, 0.1) is 0 Å². The van der Waals surface area contributed by atoms with Crippen LogP contribution in [0.15, 0.2) is 84.9 Å². The fraction of sp³-hybridized carbons (Fsp3) is 0.240. The molecule has 1 aliphatic heterocycles. The molecule has 35 heavy (non-hydrogen) atoms. The van der Waals surface area contributed by atoms with Crippen LogP contribution in [0.25, 0.3) is 0 Å². The molecule has 0 aromatic heterocycles. The summed E-state index contributed by atoms with van der Waals surface area (Å²) < 4.78 is 80.9. The molecule has 4 rings (SSSR count). The molecular formula is C25H20F6INO2. The van der Waals surface area contributed by atoms with E-state index in [1.165, 1.54) is 12.1 Å². The quantitative estimate of drug-likeness (QED) is 0.159. The standard InChI is InChI=1S/C25H20F6INO2/c26-24(27,28)23(35,25(29,30)31)19-13-11-17(12-14-19)21-15-33(22(34)18-7-3-1-4-8-18)16-32(21)20-9-5-2-6-10-20/h1-14,21,35H,15-16H2/t21-/m0/s1. The Labute approximate surface area is 204 Å². The Balaban J connectivity index is 1.69. The van der Waals surface area contributed by atoms with Crippen LogP contribution in [0.4, 0.5) is 26.3 Å². The van der Waals surface area contributed by atoms with Gasteiger partial charge in [0.1, 0.15) is 0 Å². The van der Waals surface area contributed by atoms with Gasteiger partial charge in [-0.3, -0.25) is 0 Å². The van der Waals surface area contributed by atoms with Crippen molar-refractivity contribution in [2.24, 2.45) is 0 Å². The molecule has 0 bridgehead atoms. The monoisotopic (exact) mass is 607 g/mol. The van der Waals surface area contributed by atoms with Gasteiger partial charge in [0.15, 0.2) is 0 Å². The van der Waals surface area contributed by atoms with Crippen molar-refractivity contribution >= 4 is 25.7 Å². The van der Waals surface area contributed by atoms with E-state index in [9.17, 15) is 36.2 Å². The van der Waals surface area contributed by atoms with E-state index >= 15 is 0 Å². The molecule has 3 aromatic carbocycles. The molecule has 0 unspecified atom stereocenters. The molecule has 0 saturated carbocycles. The van der Waals surface area contributed by atoms with Crippen LogP contribution < -0.4 is 0 Å². The summed E-state index contributed by atoms with van der Waals surface area (Å²) in [5, 5.41) is 9.69. The van der Waals surface area contributed by atoms with Crippen molar-refractivity contribution in [1.82, 2.24) is 4.90 Å². The predicted molar refractivity (Wildman–Crippen MR) is 127 cm³/mol. The fourth-order valence-corrected chi connectivity index (χ4v) is 10.7. The van der Waals surface area contributed by atoms with E-state index in [-0.39, 0.29) is 9.83 Å². The number of carbonyl (C=O) groups is 1. The number of rotatable bonds is 4. The summed E-state index contributed by atoms with van der Waals surface area (Å²) >= 11 is -2.17. The Morgan fingerprint density at radius 2 is 1.31 bits per heavy atom. The zero-order valence-electron chi connectivity index (χ0n) is 18.0. The van der Waals surface area contributed by atoms with Crippen molar-refractivity contribution in [2.45, 2.75) is 21.9 Å². The van der Waals surface area contributed by atoms with Crippen LogP contribution in [0.5, 0.6) is 0 Å². The van der Waals surface area contributed by atoms with Gasteiger partial charge in [-0.25, -0.2) is 0 Å². The van der Waals surface area contributed by atoms with Gasteiger partial charge >= 0.3 is 205 Å². The van der Waals surface area contributed by atoms with E-state index in [2.05, 4.69) is 0 Å². The number of carbonyl (C=O) groups excluding carboxylic acids is 1. The van der Waals surface area contributed by atoms with Gasteiger partial charge in [-0.1, -0.05) is 0 Å². The second-order valence-electron chi connectivity index (χ2n) is 8.00. The minimum absolute atomic E-state index is 0.175. The van der Waals surface area contributed by atoms with Crippen LogP contribution in [0.1, 0.15) is 25.4 Å². The number of amides is 1. The molecule has 1 atom stereocenters. The molecule has 1 heterocycles. The summed E-state index contributed by atoms with van der Waals surface area (Å²) in [5.74, 6) is -0.175. The van der Waals surface area contributed by atoms with E-state index < -0.39 is 43.3 Å². The third-order valence-corrected chi connectivity index (χ3v) is 12.6. The van der Waals surface area contributed by atoms with Gasteiger partial charge in [-0.05, 0) is 0 Å². The predicted octanol–water partition coefficient (Wildman–Crippen LogP) is 6.53. The molecule has 1 saturated heterocycles. The molecule has 186 valence electrons. The molecule has 0 aliphatic carbocycles. The van der Waals surface area contributed by atoms with E-state index in [1.54, 1.807) is 35.2 Å². The van der Waals surface area contributed by atoms with E-state index in [0.29, 0.717) is 34.4 Å².